The molecule has 1 saturated heterocycles. The van der Waals surface area contributed by atoms with E-state index in [4.69, 9.17) is 4.74 Å². The number of hydrogen-bond acceptors (Lipinski definition) is 4. The Bertz CT molecular complexity index is 1310. The molecule has 4 rings (SSSR count). The molecule has 6 heteroatoms. The number of ether oxygens (including phenoxy) is 1. The van der Waals surface area contributed by atoms with Gasteiger partial charge in [0.2, 0.25) is 0 Å². The van der Waals surface area contributed by atoms with E-state index in [1.54, 1.807) is 18.2 Å². The van der Waals surface area contributed by atoms with Crippen molar-refractivity contribution in [1.29, 1.82) is 0 Å². The molecule has 1 amide bonds. The van der Waals surface area contributed by atoms with Gasteiger partial charge in [-0.05, 0) is 72.9 Å². The number of ketones is 1. The molecular weight excluding hydrogens is 506 g/mol. The SMILES string of the molecule is Cc1cccc(N2C(=O)C(=O)/C(=C(\O)c3ccc(Br)c(C)c3)C2c2ccc(OCC(C)C)cc2)c1. The summed E-state index contributed by atoms with van der Waals surface area (Å²) < 4.78 is 6.70. The summed E-state index contributed by atoms with van der Waals surface area (Å²) in [6.07, 6.45) is 0. The van der Waals surface area contributed by atoms with Gasteiger partial charge in [0, 0.05) is 15.7 Å². The van der Waals surface area contributed by atoms with Crippen molar-refractivity contribution in [1.82, 2.24) is 0 Å². The Kier molecular flexibility index (Phi) is 7.13. The van der Waals surface area contributed by atoms with Crippen molar-refractivity contribution in [2.75, 3.05) is 11.5 Å². The highest BCUT2D eigenvalue weighted by molar-refractivity contribution is 9.10. The largest absolute Gasteiger partial charge is 0.507 e. The van der Waals surface area contributed by atoms with Gasteiger partial charge in [0.1, 0.15) is 11.5 Å². The lowest BCUT2D eigenvalue weighted by atomic mass is 9.94. The van der Waals surface area contributed by atoms with Gasteiger partial charge in [-0.2, -0.15) is 0 Å². The number of carbonyl (C=O) groups excluding carboxylic acids is 2. The summed E-state index contributed by atoms with van der Waals surface area (Å²) in [6, 6.07) is 19.3. The molecule has 0 radical (unpaired) electrons. The molecule has 0 bridgehead atoms. The van der Waals surface area contributed by atoms with Gasteiger partial charge in [-0.25, -0.2) is 0 Å². The second kappa shape index (κ2) is 10.1. The van der Waals surface area contributed by atoms with Crippen molar-refractivity contribution in [2.45, 2.75) is 33.7 Å². The number of carbonyl (C=O) groups is 2. The summed E-state index contributed by atoms with van der Waals surface area (Å²) in [4.78, 5) is 28.1. The third-order valence-corrected chi connectivity index (χ3v) is 6.82. The summed E-state index contributed by atoms with van der Waals surface area (Å²) in [5.41, 5.74) is 3.72. The maximum Gasteiger partial charge on any atom is 0.300 e. The normalized spacial score (nSPS) is 17.3. The average molecular weight is 534 g/mol. The molecule has 1 atom stereocenters. The van der Waals surface area contributed by atoms with Gasteiger partial charge in [-0.3, -0.25) is 14.5 Å². The van der Waals surface area contributed by atoms with Crippen LogP contribution in [0, 0.1) is 19.8 Å². The van der Waals surface area contributed by atoms with Crippen LogP contribution in [0.4, 0.5) is 5.69 Å². The number of aliphatic hydroxyl groups excluding tert-OH is 1. The fourth-order valence-electron chi connectivity index (χ4n) is 4.15. The van der Waals surface area contributed by atoms with E-state index < -0.39 is 17.7 Å². The van der Waals surface area contributed by atoms with E-state index in [9.17, 15) is 14.7 Å². The minimum absolute atomic E-state index is 0.0640. The number of aryl methyl sites for hydroxylation is 2. The van der Waals surface area contributed by atoms with Crippen LogP contribution in [-0.4, -0.2) is 23.4 Å². The van der Waals surface area contributed by atoms with Crippen LogP contribution in [0.2, 0.25) is 0 Å². The quantitative estimate of drug-likeness (QED) is 0.217. The molecule has 180 valence electrons. The van der Waals surface area contributed by atoms with Gasteiger partial charge in [-0.15, -0.1) is 0 Å². The molecule has 1 fully saturated rings. The predicted octanol–water partition coefficient (Wildman–Crippen LogP) is 6.73. The number of benzene rings is 3. The van der Waals surface area contributed by atoms with Gasteiger partial charge in [0.05, 0.1) is 18.2 Å². The highest BCUT2D eigenvalue weighted by Gasteiger charge is 2.47. The van der Waals surface area contributed by atoms with Crippen molar-refractivity contribution >= 4 is 39.1 Å². The number of halogens is 1. The Morgan fingerprint density at radius 2 is 1.74 bits per heavy atom. The van der Waals surface area contributed by atoms with Crippen LogP contribution in [0.3, 0.4) is 0 Å². The Hall–Kier alpha value is -3.38. The third kappa shape index (κ3) is 5.03. The minimum atomic E-state index is -0.778. The highest BCUT2D eigenvalue weighted by atomic mass is 79.9. The second-order valence-electron chi connectivity index (χ2n) is 9.25. The monoisotopic (exact) mass is 533 g/mol. The van der Waals surface area contributed by atoms with Crippen molar-refractivity contribution < 1.29 is 19.4 Å². The van der Waals surface area contributed by atoms with E-state index in [1.807, 2.05) is 62.4 Å². The molecule has 35 heavy (non-hydrogen) atoms. The Labute approximate surface area is 214 Å². The van der Waals surface area contributed by atoms with Crippen molar-refractivity contribution in [3.8, 4) is 5.75 Å². The smallest absolute Gasteiger partial charge is 0.300 e. The van der Waals surface area contributed by atoms with E-state index in [1.165, 1.54) is 4.90 Å². The molecule has 1 aliphatic rings. The summed E-state index contributed by atoms with van der Waals surface area (Å²) >= 11 is 3.47. The number of aliphatic hydroxyl groups is 1. The average Bonchev–Trinajstić information content (AvgIpc) is 3.09. The molecule has 5 nitrogen and oxygen atoms in total. The second-order valence-corrected chi connectivity index (χ2v) is 10.1. The topological polar surface area (TPSA) is 66.8 Å². The number of amides is 1. The van der Waals surface area contributed by atoms with Crippen molar-refractivity contribution in [3.05, 3.63) is 99.0 Å². The first-order chi connectivity index (χ1) is 16.7. The molecule has 0 saturated carbocycles. The molecular formula is C29H28BrNO4. The van der Waals surface area contributed by atoms with Crippen molar-refractivity contribution in [2.24, 2.45) is 5.92 Å². The Balaban J connectivity index is 1.86. The van der Waals surface area contributed by atoms with Gasteiger partial charge >= 0.3 is 0 Å². The molecule has 3 aromatic rings. The highest BCUT2D eigenvalue weighted by Crippen LogP contribution is 2.42. The zero-order chi connectivity index (χ0) is 25.3. The molecule has 0 aromatic heterocycles. The molecule has 3 aromatic carbocycles. The molecule has 0 spiro atoms. The van der Waals surface area contributed by atoms with Crippen LogP contribution in [-0.2, 0) is 9.59 Å². The van der Waals surface area contributed by atoms with Crippen LogP contribution in [0.1, 0.15) is 42.1 Å². The number of rotatable bonds is 6. The Morgan fingerprint density at radius 3 is 2.37 bits per heavy atom. The molecule has 0 aliphatic carbocycles. The number of Topliss-reactive ketones (excluding diaryl/α,β-unsaturated/α-hetero) is 1. The lowest BCUT2D eigenvalue weighted by molar-refractivity contribution is -0.132. The lowest BCUT2D eigenvalue weighted by Crippen LogP contribution is -2.29. The fraction of sp³-hybridized carbons (Fsp3) is 0.241. The van der Waals surface area contributed by atoms with Crippen LogP contribution in [0.15, 0.2) is 76.8 Å². The summed E-state index contributed by atoms with van der Waals surface area (Å²) in [5.74, 6) is -0.485. The van der Waals surface area contributed by atoms with E-state index in [-0.39, 0.29) is 11.3 Å². The van der Waals surface area contributed by atoms with E-state index in [0.717, 1.165) is 15.6 Å². The van der Waals surface area contributed by atoms with Crippen LogP contribution < -0.4 is 9.64 Å². The van der Waals surface area contributed by atoms with Gasteiger partial charge in [0.15, 0.2) is 0 Å². The molecule has 1 unspecified atom stereocenters. The Morgan fingerprint density at radius 1 is 1.03 bits per heavy atom. The van der Waals surface area contributed by atoms with E-state index in [2.05, 4.69) is 29.8 Å². The molecule has 1 heterocycles. The van der Waals surface area contributed by atoms with Gasteiger partial charge in [-0.1, -0.05) is 60.1 Å². The first-order valence-electron chi connectivity index (χ1n) is 11.5. The van der Waals surface area contributed by atoms with Crippen LogP contribution in [0.25, 0.3) is 5.76 Å². The maximum atomic E-state index is 13.3. The minimum Gasteiger partial charge on any atom is -0.507 e. The fourth-order valence-corrected chi connectivity index (χ4v) is 4.40. The zero-order valence-electron chi connectivity index (χ0n) is 20.2. The van der Waals surface area contributed by atoms with Crippen LogP contribution in [0.5, 0.6) is 5.75 Å². The lowest BCUT2D eigenvalue weighted by Gasteiger charge is -2.26. The van der Waals surface area contributed by atoms with Gasteiger partial charge < -0.3 is 9.84 Å². The van der Waals surface area contributed by atoms with E-state index in [0.29, 0.717) is 35.1 Å². The zero-order valence-corrected chi connectivity index (χ0v) is 21.8. The third-order valence-electron chi connectivity index (χ3n) is 5.93. The summed E-state index contributed by atoms with van der Waals surface area (Å²) in [6.45, 7) is 8.57. The molecule has 1 aliphatic heterocycles. The first-order valence-corrected chi connectivity index (χ1v) is 12.3. The predicted molar refractivity (Wildman–Crippen MR) is 142 cm³/mol. The summed E-state index contributed by atoms with van der Waals surface area (Å²) in [7, 11) is 0. The number of anilines is 1. The maximum absolute atomic E-state index is 13.3. The standard InChI is InChI=1S/C29H28BrNO4/c1-17(2)16-35-23-11-8-20(9-12-23)26-25(27(32)21-10-13-24(30)19(4)15-21)28(33)29(34)31(26)22-7-5-6-18(3)14-22/h5-15,17,26,32H,16H2,1-4H3/b27-25-. The van der Waals surface area contributed by atoms with Gasteiger partial charge in [0.25, 0.3) is 11.7 Å². The van der Waals surface area contributed by atoms with Crippen molar-refractivity contribution in [3.63, 3.8) is 0 Å². The number of hydrogen-bond donors (Lipinski definition) is 1. The summed E-state index contributed by atoms with van der Waals surface area (Å²) in [5, 5.41) is 11.3. The molecule has 1 N–H and O–H groups in total. The number of nitrogens with zero attached hydrogens (tertiary/aromatic N) is 1. The first kappa shape index (κ1) is 24.7. The van der Waals surface area contributed by atoms with Crippen LogP contribution >= 0.6 is 15.9 Å². The van der Waals surface area contributed by atoms with E-state index >= 15 is 0 Å².